The number of nitrogens with one attached hydrogen (secondary N) is 1. The summed E-state index contributed by atoms with van der Waals surface area (Å²) in [6.45, 7) is 0.614. The maximum absolute atomic E-state index is 10.5. The lowest BCUT2D eigenvalue weighted by Gasteiger charge is -2.19. The van der Waals surface area contributed by atoms with Gasteiger partial charge in [-0.3, -0.25) is 0 Å². The smallest absolute Gasteiger partial charge is 0.368 e. The van der Waals surface area contributed by atoms with Crippen molar-refractivity contribution >= 4 is 31.2 Å². The Hall–Kier alpha value is -1.47. The Balaban J connectivity index is 1.65. The van der Waals surface area contributed by atoms with Gasteiger partial charge >= 0.3 is 8.56 Å². The molecule has 0 aromatic heterocycles. The molecular formula is C16H17NO3SSi. The molecule has 2 aromatic rings. The van der Waals surface area contributed by atoms with Gasteiger partial charge in [-0.2, -0.15) is 11.8 Å². The van der Waals surface area contributed by atoms with Crippen molar-refractivity contribution in [2.75, 3.05) is 11.1 Å². The number of benzene rings is 2. The van der Waals surface area contributed by atoms with Crippen molar-refractivity contribution in [1.29, 1.82) is 0 Å². The van der Waals surface area contributed by atoms with E-state index in [1.54, 1.807) is 17.8 Å². The van der Waals surface area contributed by atoms with Crippen LogP contribution in [-0.4, -0.2) is 29.2 Å². The van der Waals surface area contributed by atoms with Gasteiger partial charge in [0.15, 0.2) is 5.75 Å². The van der Waals surface area contributed by atoms with E-state index >= 15 is 0 Å². The second kappa shape index (κ2) is 5.31. The second-order valence-electron chi connectivity index (χ2n) is 5.75. The van der Waals surface area contributed by atoms with Crippen molar-refractivity contribution in [3.63, 3.8) is 0 Å². The van der Waals surface area contributed by atoms with Crippen LogP contribution in [0.3, 0.4) is 0 Å². The van der Waals surface area contributed by atoms with Crippen molar-refractivity contribution in [2.45, 2.75) is 17.8 Å². The summed E-state index contributed by atoms with van der Waals surface area (Å²) >= 11 is 1.79. The zero-order valence-electron chi connectivity index (χ0n) is 12.0. The normalized spacial score (nSPS) is 19.3. The predicted octanol–water partition coefficient (Wildman–Crippen LogP) is 2.15. The minimum Gasteiger partial charge on any atom is -0.455 e. The van der Waals surface area contributed by atoms with Gasteiger partial charge in [-0.05, 0) is 29.5 Å². The molecule has 114 valence electrons. The van der Waals surface area contributed by atoms with Crippen molar-refractivity contribution < 1.29 is 14.3 Å². The minimum atomic E-state index is -3.34. The first-order chi connectivity index (χ1) is 10.6. The summed E-state index contributed by atoms with van der Waals surface area (Å²) in [5.74, 6) is 2.60. The van der Waals surface area contributed by atoms with Gasteiger partial charge in [-0.15, -0.1) is 0 Å². The number of hydrogen-bond acceptors (Lipinski definition) is 5. The number of ether oxygens (including phenoxy) is 1. The largest absolute Gasteiger partial charge is 0.455 e. The molecule has 2 heterocycles. The van der Waals surface area contributed by atoms with E-state index in [1.807, 2.05) is 36.4 Å². The fraction of sp³-hybridized carbons (Fsp3) is 0.250. The standard InChI is InChI=1S/C16H17NO3SSi/c18-22(19,10-12-9-21-12)13-5-6-15-11(7-13)8-17-14-3-1-2-4-16(14)20-15/h1-7,12,17-19H,8-10H2. The summed E-state index contributed by atoms with van der Waals surface area (Å²) in [6, 6.07) is 13.8. The third-order valence-corrected chi connectivity index (χ3v) is 7.58. The van der Waals surface area contributed by atoms with Gasteiger partial charge in [0.1, 0.15) is 5.75 Å². The average molecular weight is 331 g/mol. The summed E-state index contributed by atoms with van der Waals surface area (Å²) in [5.41, 5.74) is 1.91. The first-order valence-electron chi connectivity index (χ1n) is 7.32. The van der Waals surface area contributed by atoms with E-state index in [0.717, 1.165) is 28.5 Å². The number of hydrogen-bond donors (Lipinski definition) is 3. The summed E-state index contributed by atoms with van der Waals surface area (Å²) in [4.78, 5) is 20.9. The summed E-state index contributed by atoms with van der Waals surface area (Å²) in [7, 11) is -3.34. The quantitative estimate of drug-likeness (QED) is 0.594. The van der Waals surface area contributed by atoms with Crippen molar-refractivity contribution in [3.05, 3.63) is 48.0 Å². The van der Waals surface area contributed by atoms with Crippen LogP contribution in [0.4, 0.5) is 5.69 Å². The molecule has 2 aliphatic heterocycles. The Morgan fingerprint density at radius 1 is 1.18 bits per heavy atom. The van der Waals surface area contributed by atoms with Crippen LogP contribution in [0, 0.1) is 0 Å². The molecule has 0 bridgehead atoms. The lowest BCUT2D eigenvalue weighted by atomic mass is 10.2. The van der Waals surface area contributed by atoms with Crippen LogP contribution in [0.25, 0.3) is 0 Å². The van der Waals surface area contributed by atoms with Gasteiger partial charge in [0.05, 0.1) is 5.69 Å². The van der Waals surface area contributed by atoms with Crippen LogP contribution >= 0.6 is 11.8 Å². The highest BCUT2D eigenvalue weighted by Gasteiger charge is 2.40. The first-order valence-corrected chi connectivity index (χ1v) is 10.5. The van der Waals surface area contributed by atoms with Crippen LogP contribution in [0.5, 0.6) is 11.5 Å². The van der Waals surface area contributed by atoms with Gasteiger partial charge < -0.3 is 19.6 Å². The number of rotatable bonds is 3. The van der Waals surface area contributed by atoms with E-state index in [9.17, 15) is 9.59 Å². The third-order valence-electron chi connectivity index (χ3n) is 4.01. The zero-order chi connectivity index (χ0) is 15.2. The first kappa shape index (κ1) is 14.1. The molecule has 0 aliphatic carbocycles. The SMILES string of the molecule is O[Si](O)(CC1CS1)c1ccc2c(c1)CNc1ccccc1O2. The third kappa shape index (κ3) is 2.75. The molecule has 1 unspecified atom stereocenters. The molecule has 4 rings (SSSR count). The second-order valence-corrected chi connectivity index (χ2v) is 9.70. The lowest BCUT2D eigenvalue weighted by Crippen LogP contribution is -2.49. The molecule has 22 heavy (non-hydrogen) atoms. The molecule has 1 fully saturated rings. The Bertz CT molecular complexity index is 718. The van der Waals surface area contributed by atoms with Gasteiger partial charge in [0.2, 0.25) is 0 Å². The van der Waals surface area contributed by atoms with E-state index < -0.39 is 8.56 Å². The highest BCUT2D eigenvalue weighted by atomic mass is 32.2. The molecule has 0 saturated carbocycles. The topological polar surface area (TPSA) is 61.7 Å². The average Bonchev–Trinajstić information content (AvgIpc) is 3.31. The number of fused-ring (bicyclic) bond motifs is 2. The van der Waals surface area contributed by atoms with Crippen LogP contribution in [0.2, 0.25) is 6.04 Å². The Labute approximate surface area is 134 Å². The Morgan fingerprint density at radius 2 is 2.00 bits per heavy atom. The molecule has 3 N–H and O–H groups in total. The fourth-order valence-corrected chi connectivity index (χ4v) is 6.10. The van der Waals surface area contributed by atoms with Crippen molar-refractivity contribution in [2.24, 2.45) is 0 Å². The minimum absolute atomic E-state index is 0.416. The fourth-order valence-electron chi connectivity index (χ4n) is 2.70. The van der Waals surface area contributed by atoms with Crippen LogP contribution in [0.1, 0.15) is 5.56 Å². The zero-order valence-corrected chi connectivity index (χ0v) is 13.8. The monoisotopic (exact) mass is 331 g/mol. The van der Waals surface area contributed by atoms with Gasteiger partial charge in [-0.25, -0.2) is 0 Å². The Morgan fingerprint density at radius 3 is 2.82 bits per heavy atom. The van der Waals surface area contributed by atoms with Gasteiger partial charge in [-0.1, -0.05) is 18.2 Å². The highest BCUT2D eigenvalue weighted by molar-refractivity contribution is 8.07. The number of anilines is 1. The summed E-state index contributed by atoms with van der Waals surface area (Å²) in [5, 5.41) is 4.41. The van der Waals surface area contributed by atoms with Crippen LogP contribution in [-0.2, 0) is 6.54 Å². The molecule has 0 amide bonds. The molecule has 0 radical (unpaired) electrons. The molecule has 1 saturated heterocycles. The van der Waals surface area contributed by atoms with E-state index in [0.29, 0.717) is 23.0 Å². The molecule has 6 heteroatoms. The van der Waals surface area contributed by atoms with E-state index in [4.69, 9.17) is 4.74 Å². The summed E-state index contributed by atoms with van der Waals surface area (Å²) in [6.07, 6.45) is 0. The summed E-state index contributed by atoms with van der Waals surface area (Å²) < 4.78 is 5.95. The molecule has 2 aliphatic rings. The lowest BCUT2D eigenvalue weighted by molar-refractivity contribution is 0.380. The van der Waals surface area contributed by atoms with Crippen molar-refractivity contribution in [3.8, 4) is 11.5 Å². The number of thioether (sulfide) groups is 1. The van der Waals surface area contributed by atoms with E-state index in [1.165, 1.54) is 0 Å². The van der Waals surface area contributed by atoms with Crippen LogP contribution in [0.15, 0.2) is 42.5 Å². The Kier molecular flexibility index (Phi) is 3.41. The maximum Gasteiger partial charge on any atom is 0.368 e. The van der Waals surface area contributed by atoms with Crippen molar-refractivity contribution in [1.82, 2.24) is 0 Å². The van der Waals surface area contributed by atoms with E-state index in [2.05, 4.69) is 5.32 Å². The number of para-hydroxylation sites is 2. The van der Waals surface area contributed by atoms with Crippen LogP contribution < -0.4 is 15.2 Å². The highest BCUT2D eigenvalue weighted by Crippen LogP contribution is 2.37. The molecular weight excluding hydrogens is 314 g/mol. The molecule has 1 atom stereocenters. The van der Waals surface area contributed by atoms with E-state index in [-0.39, 0.29) is 0 Å². The molecule has 0 spiro atoms. The predicted molar refractivity (Wildman–Crippen MR) is 91.2 cm³/mol. The van der Waals surface area contributed by atoms with Gasteiger partial charge in [0.25, 0.3) is 0 Å². The molecule has 2 aromatic carbocycles. The maximum atomic E-state index is 10.5. The molecule has 4 nitrogen and oxygen atoms in total. The van der Waals surface area contributed by atoms with Gasteiger partial charge in [0, 0.05) is 29.2 Å².